The summed E-state index contributed by atoms with van der Waals surface area (Å²) in [6.07, 6.45) is 0.614. The molecule has 2 aromatic rings. The molecule has 0 fully saturated rings. The molecule has 100 valence electrons. The SMILES string of the molecule is CCc1noc(C)c1C(=O)Nc1ccc(F)c(C)c1. The number of amides is 1. The number of nitrogens with one attached hydrogen (secondary N) is 1. The van der Waals surface area contributed by atoms with E-state index >= 15 is 0 Å². The molecule has 5 heteroatoms. The first-order valence-corrected chi connectivity index (χ1v) is 6.05. The van der Waals surface area contributed by atoms with Gasteiger partial charge in [0.15, 0.2) is 0 Å². The van der Waals surface area contributed by atoms with Crippen molar-refractivity contribution in [1.29, 1.82) is 0 Å². The third-order valence-corrected chi connectivity index (χ3v) is 2.91. The molecule has 1 amide bonds. The topological polar surface area (TPSA) is 55.1 Å². The van der Waals surface area contributed by atoms with Gasteiger partial charge in [0, 0.05) is 5.69 Å². The van der Waals surface area contributed by atoms with Crippen LogP contribution in [0.4, 0.5) is 10.1 Å². The zero-order chi connectivity index (χ0) is 14.0. The smallest absolute Gasteiger partial charge is 0.261 e. The van der Waals surface area contributed by atoms with Gasteiger partial charge in [-0.1, -0.05) is 12.1 Å². The Kier molecular flexibility index (Phi) is 3.64. The number of halogens is 1. The van der Waals surface area contributed by atoms with Crippen molar-refractivity contribution in [3.63, 3.8) is 0 Å². The summed E-state index contributed by atoms with van der Waals surface area (Å²) in [5, 5.41) is 6.56. The van der Waals surface area contributed by atoms with E-state index in [0.717, 1.165) is 0 Å². The lowest BCUT2D eigenvalue weighted by Gasteiger charge is -2.06. The molecule has 0 saturated heterocycles. The molecular weight excluding hydrogens is 247 g/mol. The van der Waals surface area contributed by atoms with Crippen molar-refractivity contribution >= 4 is 11.6 Å². The molecule has 0 atom stereocenters. The van der Waals surface area contributed by atoms with Gasteiger partial charge in [-0.05, 0) is 44.0 Å². The monoisotopic (exact) mass is 262 g/mol. The van der Waals surface area contributed by atoms with Crippen molar-refractivity contribution in [2.45, 2.75) is 27.2 Å². The molecule has 1 aromatic carbocycles. The Bertz CT molecular complexity index is 620. The van der Waals surface area contributed by atoms with Crippen molar-refractivity contribution in [1.82, 2.24) is 5.16 Å². The maximum atomic E-state index is 13.2. The van der Waals surface area contributed by atoms with Gasteiger partial charge in [0.2, 0.25) is 0 Å². The Balaban J connectivity index is 2.25. The Hall–Kier alpha value is -2.17. The van der Waals surface area contributed by atoms with Crippen LogP contribution in [0.5, 0.6) is 0 Å². The molecule has 0 saturated carbocycles. The van der Waals surface area contributed by atoms with Crippen LogP contribution >= 0.6 is 0 Å². The summed E-state index contributed by atoms with van der Waals surface area (Å²) >= 11 is 0. The highest BCUT2D eigenvalue weighted by Gasteiger charge is 2.19. The fourth-order valence-electron chi connectivity index (χ4n) is 1.87. The minimum absolute atomic E-state index is 0.290. The van der Waals surface area contributed by atoms with Gasteiger partial charge in [-0.25, -0.2) is 4.39 Å². The molecule has 1 N–H and O–H groups in total. The number of benzene rings is 1. The third kappa shape index (κ3) is 2.65. The molecule has 0 aliphatic carbocycles. The highest BCUT2D eigenvalue weighted by Crippen LogP contribution is 2.18. The first kappa shape index (κ1) is 13.3. The summed E-state index contributed by atoms with van der Waals surface area (Å²) < 4.78 is 18.2. The molecule has 1 heterocycles. The molecule has 0 bridgehead atoms. The molecule has 2 rings (SSSR count). The first-order valence-electron chi connectivity index (χ1n) is 6.05. The Morgan fingerprint density at radius 3 is 2.79 bits per heavy atom. The van der Waals surface area contributed by atoms with Crippen molar-refractivity contribution in [2.75, 3.05) is 5.32 Å². The molecule has 0 spiro atoms. The van der Waals surface area contributed by atoms with Gasteiger partial charge in [0.25, 0.3) is 5.91 Å². The molecule has 0 aliphatic rings. The largest absolute Gasteiger partial charge is 0.361 e. The van der Waals surface area contributed by atoms with Crippen molar-refractivity contribution in [3.8, 4) is 0 Å². The molecule has 0 aliphatic heterocycles. The lowest BCUT2D eigenvalue weighted by Crippen LogP contribution is -2.14. The molecule has 0 unspecified atom stereocenters. The van der Waals surface area contributed by atoms with E-state index in [1.54, 1.807) is 19.9 Å². The van der Waals surface area contributed by atoms with Crippen LogP contribution in [0.1, 0.15) is 34.3 Å². The number of hydrogen-bond acceptors (Lipinski definition) is 3. The van der Waals surface area contributed by atoms with Crippen LogP contribution in [0, 0.1) is 19.7 Å². The maximum absolute atomic E-state index is 13.2. The number of anilines is 1. The van der Waals surface area contributed by atoms with E-state index in [9.17, 15) is 9.18 Å². The van der Waals surface area contributed by atoms with E-state index in [2.05, 4.69) is 10.5 Å². The van der Waals surface area contributed by atoms with E-state index in [0.29, 0.717) is 34.7 Å². The standard InChI is InChI=1S/C14H15FN2O2/c1-4-12-13(9(3)19-17-12)14(18)16-10-5-6-11(15)8(2)7-10/h5-7H,4H2,1-3H3,(H,16,18). The highest BCUT2D eigenvalue weighted by molar-refractivity contribution is 6.05. The molecular formula is C14H15FN2O2. The Labute approximate surface area is 110 Å². The average Bonchev–Trinajstić information content (AvgIpc) is 2.75. The second-order valence-corrected chi connectivity index (χ2v) is 4.33. The zero-order valence-corrected chi connectivity index (χ0v) is 11.1. The van der Waals surface area contributed by atoms with Crippen LogP contribution in [-0.4, -0.2) is 11.1 Å². The number of rotatable bonds is 3. The van der Waals surface area contributed by atoms with Crippen LogP contribution in [0.15, 0.2) is 22.7 Å². The summed E-state index contributed by atoms with van der Waals surface area (Å²) in [4.78, 5) is 12.2. The summed E-state index contributed by atoms with van der Waals surface area (Å²) in [6.45, 7) is 5.24. The van der Waals surface area contributed by atoms with E-state index in [-0.39, 0.29) is 11.7 Å². The summed E-state index contributed by atoms with van der Waals surface area (Å²) in [5.41, 5.74) is 2.10. The van der Waals surface area contributed by atoms with Gasteiger partial charge < -0.3 is 9.84 Å². The van der Waals surface area contributed by atoms with Crippen LogP contribution in [-0.2, 0) is 6.42 Å². The van der Waals surface area contributed by atoms with Crippen LogP contribution < -0.4 is 5.32 Å². The number of carbonyl (C=O) groups excluding carboxylic acids is 1. The van der Waals surface area contributed by atoms with Gasteiger partial charge in [0.1, 0.15) is 17.1 Å². The molecule has 19 heavy (non-hydrogen) atoms. The van der Waals surface area contributed by atoms with E-state index < -0.39 is 0 Å². The maximum Gasteiger partial charge on any atom is 0.261 e. The molecule has 0 radical (unpaired) electrons. The molecule has 4 nitrogen and oxygen atoms in total. The Morgan fingerprint density at radius 2 is 2.16 bits per heavy atom. The van der Waals surface area contributed by atoms with Crippen molar-refractivity contribution in [3.05, 3.63) is 46.6 Å². The highest BCUT2D eigenvalue weighted by atomic mass is 19.1. The number of hydrogen-bond donors (Lipinski definition) is 1. The van der Waals surface area contributed by atoms with Crippen LogP contribution in [0.25, 0.3) is 0 Å². The summed E-state index contributed by atoms with van der Waals surface area (Å²) in [5.74, 6) is -0.108. The predicted molar refractivity (Wildman–Crippen MR) is 69.7 cm³/mol. The second kappa shape index (κ2) is 5.22. The number of aromatic nitrogens is 1. The fourth-order valence-corrected chi connectivity index (χ4v) is 1.87. The third-order valence-electron chi connectivity index (χ3n) is 2.91. The van der Waals surface area contributed by atoms with Gasteiger partial charge >= 0.3 is 0 Å². The minimum Gasteiger partial charge on any atom is -0.361 e. The van der Waals surface area contributed by atoms with E-state index in [4.69, 9.17) is 4.52 Å². The quantitative estimate of drug-likeness (QED) is 0.923. The minimum atomic E-state index is -0.298. The summed E-state index contributed by atoms with van der Waals surface area (Å²) in [6, 6.07) is 4.43. The second-order valence-electron chi connectivity index (χ2n) is 4.33. The van der Waals surface area contributed by atoms with Gasteiger partial charge in [-0.3, -0.25) is 4.79 Å². The normalized spacial score (nSPS) is 10.5. The van der Waals surface area contributed by atoms with E-state index in [1.807, 2.05) is 6.92 Å². The first-order chi connectivity index (χ1) is 9.02. The number of carbonyl (C=O) groups is 1. The summed E-state index contributed by atoms with van der Waals surface area (Å²) in [7, 11) is 0. The average molecular weight is 262 g/mol. The zero-order valence-electron chi connectivity index (χ0n) is 11.1. The molecule has 1 aromatic heterocycles. The number of aryl methyl sites for hydroxylation is 3. The number of nitrogens with zero attached hydrogens (tertiary/aromatic N) is 1. The fraction of sp³-hybridized carbons (Fsp3) is 0.286. The van der Waals surface area contributed by atoms with Crippen molar-refractivity contribution < 1.29 is 13.7 Å². The van der Waals surface area contributed by atoms with Crippen LogP contribution in [0.3, 0.4) is 0 Å². The predicted octanol–water partition coefficient (Wildman–Crippen LogP) is 3.25. The lowest BCUT2D eigenvalue weighted by molar-refractivity contribution is 0.102. The van der Waals surface area contributed by atoms with Gasteiger partial charge in [-0.15, -0.1) is 0 Å². The lowest BCUT2D eigenvalue weighted by atomic mass is 10.1. The van der Waals surface area contributed by atoms with E-state index in [1.165, 1.54) is 12.1 Å². The van der Waals surface area contributed by atoms with Gasteiger partial charge in [0.05, 0.1) is 5.69 Å². The van der Waals surface area contributed by atoms with Gasteiger partial charge in [-0.2, -0.15) is 0 Å². The van der Waals surface area contributed by atoms with Crippen molar-refractivity contribution in [2.24, 2.45) is 0 Å². The van der Waals surface area contributed by atoms with Crippen LogP contribution in [0.2, 0.25) is 0 Å². The Morgan fingerprint density at radius 1 is 1.42 bits per heavy atom.